The van der Waals surface area contributed by atoms with Crippen LogP contribution >= 0.6 is 0 Å². The summed E-state index contributed by atoms with van der Waals surface area (Å²) in [5.41, 5.74) is 5.13. The molecule has 2 N–H and O–H groups in total. The SMILES string of the molecule is COc1ccc(/C=N/NC(=O)CNC(=O)COc2ccccc2C)c(C)c1. The highest BCUT2D eigenvalue weighted by atomic mass is 16.5. The fourth-order valence-electron chi connectivity index (χ4n) is 2.22. The highest BCUT2D eigenvalue weighted by Gasteiger charge is 2.07. The third kappa shape index (κ3) is 6.47. The molecular weight excluding hydrogens is 346 g/mol. The molecule has 7 nitrogen and oxygen atoms in total. The molecule has 0 aliphatic carbocycles. The van der Waals surface area contributed by atoms with Crippen LogP contribution in [0.3, 0.4) is 0 Å². The third-order valence-corrected chi connectivity index (χ3v) is 3.77. The fraction of sp³-hybridized carbons (Fsp3) is 0.250. The Morgan fingerprint density at radius 3 is 2.56 bits per heavy atom. The first-order chi connectivity index (χ1) is 13.0. The Kier molecular flexibility index (Phi) is 7.37. The minimum Gasteiger partial charge on any atom is -0.497 e. The number of carbonyl (C=O) groups excluding carboxylic acids is 2. The van der Waals surface area contributed by atoms with E-state index in [1.807, 2.05) is 50.2 Å². The average molecular weight is 369 g/mol. The maximum atomic E-state index is 11.8. The molecule has 142 valence electrons. The zero-order valence-electron chi connectivity index (χ0n) is 15.6. The topological polar surface area (TPSA) is 89.0 Å². The molecule has 0 bridgehead atoms. The molecule has 0 spiro atoms. The molecule has 2 aromatic carbocycles. The van der Waals surface area contributed by atoms with E-state index < -0.39 is 5.91 Å². The molecule has 0 saturated heterocycles. The van der Waals surface area contributed by atoms with E-state index in [0.29, 0.717) is 5.75 Å². The molecule has 0 heterocycles. The number of aryl methyl sites for hydroxylation is 2. The van der Waals surface area contributed by atoms with Gasteiger partial charge in [0.1, 0.15) is 11.5 Å². The summed E-state index contributed by atoms with van der Waals surface area (Å²) < 4.78 is 10.6. The number of hydrazone groups is 1. The number of methoxy groups -OCH3 is 1. The lowest BCUT2D eigenvalue weighted by molar-refractivity contribution is -0.127. The van der Waals surface area contributed by atoms with Crippen molar-refractivity contribution in [1.29, 1.82) is 0 Å². The molecule has 0 unspecified atom stereocenters. The van der Waals surface area contributed by atoms with Crippen LogP contribution in [0.25, 0.3) is 0 Å². The van der Waals surface area contributed by atoms with Gasteiger partial charge in [-0.15, -0.1) is 0 Å². The standard InChI is InChI=1S/C20H23N3O4/c1-14-6-4-5-7-18(14)27-13-20(25)21-12-19(24)23-22-11-16-8-9-17(26-3)10-15(16)2/h4-11H,12-13H2,1-3H3,(H,21,25)(H,23,24)/b22-11+. The molecule has 0 saturated carbocycles. The van der Waals surface area contributed by atoms with E-state index in [2.05, 4.69) is 15.8 Å². The van der Waals surface area contributed by atoms with Crippen LogP contribution in [0.15, 0.2) is 47.6 Å². The molecule has 0 atom stereocenters. The van der Waals surface area contributed by atoms with Crippen molar-refractivity contribution < 1.29 is 19.1 Å². The van der Waals surface area contributed by atoms with Gasteiger partial charge in [-0.2, -0.15) is 5.10 Å². The molecule has 0 aliphatic heterocycles. The Hall–Kier alpha value is -3.35. The Bertz CT molecular complexity index is 834. The van der Waals surface area contributed by atoms with E-state index in [9.17, 15) is 9.59 Å². The number of amides is 2. The van der Waals surface area contributed by atoms with E-state index in [0.717, 1.165) is 22.4 Å². The van der Waals surface area contributed by atoms with Gasteiger partial charge in [0, 0.05) is 0 Å². The zero-order valence-corrected chi connectivity index (χ0v) is 15.6. The highest BCUT2D eigenvalue weighted by molar-refractivity contribution is 5.87. The van der Waals surface area contributed by atoms with Crippen LogP contribution in [-0.4, -0.2) is 38.3 Å². The Labute approximate surface area is 158 Å². The van der Waals surface area contributed by atoms with E-state index in [-0.39, 0.29) is 19.1 Å². The van der Waals surface area contributed by atoms with Crippen LogP contribution in [0.1, 0.15) is 16.7 Å². The molecule has 0 fully saturated rings. The van der Waals surface area contributed by atoms with E-state index >= 15 is 0 Å². The van der Waals surface area contributed by atoms with Gasteiger partial charge in [0.2, 0.25) is 0 Å². The minimum atomic E-state index is -0.429. The Balaban J connectivity index is 1.72. The van der Waals surface area contributed by atoms with Gasteiger partial charge in [-0.05, 0) is 54.8 Å². The Morgan fingerprint density at radius 1 is 1.07 bits per heavy atom. The maximum Gasteiger partial charge on any atom is 0.259 e. The van der Waals surface area contributed by atoms with Gasteiger partial charge in [0.25, 0.3) is 11.8 Å². The lowest BCUT2D eigenvalue weighted by Crippen LogP contribution is -2.37. The van der Waals surface area contributed by atoms with Crippen LogP contribution in [0.2, 0.25) is 0 Å². The van der Waals surface area contributed by atoms with E-state index in [4.69, 9.17) is 9.47 Å². The summed E-state index contributed by atoms with van der Waals surface area (Å²) in [7, 11) is 1.60. The number of ether oxygens (including phenoxy) is 2. The van der Waals surface area contributed by atoms with Crippen molar-refractivity contribution in [2.75, 3.05) is 20.3 Å². The van der Waals surface area contributed by atoms with E-state index in [1.54, 1.807) is 13.2 Å². The van der Waals surface area contributed by atoms with Crippen molar-refractivity contribution in [1.82, 2.24) is 10.7 Å². The molecule has 7 heteroatoms. The van der Waals surface area contributed by atoms with Gasteiger partial charge < -0.3 is 14.8 Å². The number of nitrogens with zero attached hydrogens (tertiary/aromatic N) is 1. The zero-order chi connectivity index (χ0) is 19.6. The molecule has 2 amide bonds. The van der Waals surface area contributed by atoms with Crippen molar-refractivity contribution in [3.63, 3.8) is 0 Å². The first-order valence-electron chi connectivity index (χ1n) is 8.41. The number of rotatable bonds is 8. The van der Waals surface area contributed by atoms with Gasteiger partial charge in [-0.25, -0.2) is 5.43 Å². The highest BCUT2D eigenvalue weighted by Crippen LogP contribution is 2.16. The minimum absolute atomic E-state index is 0.160. The van der Waals surface area contributed by atoms with Crippen molar-refractivity contribution in [2.24, 2.45) is 5.10 Å². The monoisotopic (exact) mass is 369 g/mol. The summed E-state index contributed by atoms with van der Waals surface area (Å²) in [6, 6.07) is 12.9. The smallest absolute Gasteiger partial charge is 0.259 e. The lowest BCUT2D eigenvalue weighted by Gasteiger charge is -2.09. The summed E-state index contributed by atoms with van der Waals surface area (Å²) in [5.74, 6) is 0.575. The van der Waals surface area contributed by atoms with Crippen molar-refractivity contribution >= 4 is 18.0 Å². The molecular formula is C20H23N3O4. The first kappa shape index (κ1) is 20.0. The molecule has 2 rings (SSSR count). The van der Waals surface area contributed by atoms with Gasteiger partial charge in [0.15, 0.2) is 6.61 Å². The molecule has 0 radical (unpaired) electrons. The van der Waals surface area contributed by atoms with Gasteiger partial charge >= 0.3 is 0 Å². The quantitative estimate of drug-likeness (QED) is 0.550. The normalized spacial score (nSPS) is 10.5. The lowest BCUT2D eigenvalue weighted by atomic mass is 10.1. The predicted octanol–water partition coefficient (Wildman–Crippen LogP) is 1.96. The molecule has 0 aromatic heterocycles. The van der Waals surface area contributed by atoms with Crippen molar-refractivity contribution in [3.05, 3.63) is 59.2 Å². The van der Waals surface area contributed by atoms with Crippen LogP contribution in [0, 0.1) is 13.8 Å². The van der Waals surface area contributed by atoms with Crippen LogP contribution in [0.4, 0.5) is 0 Å². The number of benzene rings is 2. The largest absolute Gasteiger partial charge is 0.497 e. The van der Waals surface area contributed by atoms with Gasteiger partial charge in [-0.3, -0.25) is 9.59 Å². The Morgan fingerprint density at radius 2 is 1.85 bits per heavy atom. The van der Waals surface area contributed by atoms with Gasteiger partial charge in [-0.1, -0.05) is 18.2 Å². The second-order valence-electron chi connectivity index (χ2n) is 5.85. The summed E-state index contributed by atoms with van der Waals surface area (Å²) >= 11 is 0. The number of carbonyl (C=O) groups is 2. The summed E-state index contributed by atoms with van der Waals surface area (Å²) in [6.07, 6.45) is 1.54. The molecule has 27 heavy (non-hydrogen) atoms. The van der Waals surface area contributed by atoms with Gasteiger partial charge in [0.05, 0.1) is 19.9 Å². The predicted molar refractivity (Wildman–Crippen MR) is 103 cm³/mol. The number of nitrogens with one attached hydrogen (secondary N) is 2. The molecule has 2 aromatic rings. The maximum absolute atomic E-state index is 11.8. The van der Waals surface area contributed by atoms with Crippen LogP contribution in [-0.2, 0) is 9.59 Å². The third-order valence-electron chi connectivity index (χ3n) is 3.77. The number of hydrogen-bond acceptors (Lipinski definition) is 5. The first-order valence-corrected chi connectivity index (χ1v) is 8.41. The number of para-hydroxylation sites is 1. The van der Waals surface area contributed by atoms with Crippen molar-refractivity contribution in [2.45, 2.75) is 13.8 Å². The van der Waals surface area contributed by atoms with Crippen LogP contribution in [0.5, 0.6) is 11.5 Å². The van der Waals surface area contributed by atoms with Crippen LogP contribution < -0.4 is 20.2 Å². The van der Waals surface area contributed by atoms with Crippen molar-refractivity contribution in [3.8, 4) is 11.5 Å². The summed E-state index contributed by atoms with van der Waals surface area (Å²) in [6.45, 7) is 3.46. The second kappa shape index (κ2) is 9.96. The average Bonchev–Trinajstić information content (AvgIpc) is 2.67. The van der Waals surface area contributed by atoms with E-state index in [1.165, 1.54) is 6.21 Å². The molecule has 0 aliphatic rings. The number of hydrogen-bond donors (Lipinski definition) is 2. The second-order valence-corrected chi connectivity index (χ2v) is 5.85. The summed E-state index contributed by atoms with van der Waals surface area (Å²) in [5, 5.41) is 6.37. The summed E-state index contributed by atoms with van der Waals surface area (Å²) in [4.78, 5) is 23.5. The fourth-order valence-corrected chi connectivity index (χ4v) is 2.22.